The van der Waals surface area contributed by atoms with Crippen molar-refractivity contribution >= 4 is 24.2 Å². The lowest BCUT2D eigenvalue weighted by Gasteiger charge is -2.77. The molecular formula is C52H66O8. The average Bonchev–Trinajstić information content (AvgIpc) is 3.40. The second kappa shape index (κ2) is 12.5. The number of aliphatic hydroxyl groups is 6. The first-order valence-corrected chi connectivity index (χ1v) is 23.4. The number of ketones is 1. The normalized spacial score (nSPS) is 50.6. The molecule has 6 saturated carbocycles. The summed E-state index contributed by atoms with van der Waals surface area (Å²) in [5.74, 6) is -1.16. The molecule has 1 aromatic carbocycles. The molecule has 17 atom stereocenters. The maximum absolute atomic E-state index is 16.3. The minimum atomic E-state index is -1.30. The molecule has 6 fully saturated rings. The molecule has 4 bridgehead atoms. The van der Waals surface area contributed by atoms with Crippen molar-refractivity contribution < 1.29 is 40.2 Å². The van der Waals surface area contributed by atoms with E-state index in [1.807, 2.05) is 12.1 Å². The predicted molar refractivity (Wildman–Crippen MR) is 227 cm³/mol. The Bertz CT molecular complexity index is 2290. The number of hydrogen-bond donors (Lipinski definition) is 6. The number of hydrogen-bond acceptors (Lipinski definition) is 8. The van der Waals surface area contributed by atoms with Crippen LogP contribution >= 0.6 is 0 Å². The van der Waals surface area contributed by atoms with Crippen LogP contribution in [0.4, 0.5) is 0 Å². The van der Waals surface area contributed by atoms with Crippen LogP contribution in [0.2, 0.25) is 0 Å². The van der Waals surface area contributed by atoms with Crippen molar-refractivity contribution in [3.8, 4) is 0 Å². The molecule has 0 saturated heterocycles. The second-order valence-corrected chi connectivity index (χ2v) is 23.1. The third-order valence-corrected chi connectivity index (χ3v) is 21.0. The zero-order valence-electron chi connectivity index (χ0n) is 35.9. The van der Waals surface area contributed by atoms with Crippen LogP contribution in [0.15, 0.2) is 48.1 Å². The zero-order chi connectivity index (χ0) is 42.2. The smallest absolute Gasteiger partial charge is 0.159 e. The van der Waals surface area contributed by atoms with Gasteiger partial charge in [-0.05, 0) is 174 Å². The fourth-order valence-corrected chi connectivity index (χ4v) is 19.3. The van der Waals surface area contributed by atoms with E-state index in [1.54, 1.807) is 13.0 Å². The van der Waals surface area contributed by atoms with E-state index in [9.17, 15) is 35.4 Å². The Morgan fingerprint density at radius 2 is 1.73 bits per heavy atom. The standard InChI is InChI=1S/C52H66O8/c1-29(56)31-17-32-20-37-30(19-36(32)33(18-31)24-53)9-14-47-15-11-41-50(43(59)25-54)13-6-8-35(21-42(50)58)52(37,41)44(47)40(57)22-38-39-23-45(2,3)26-48-12-5-7-34(48)10-16-49(60,27-46(38,47)4)51(39,48)28-55/h6,8,10,16-20,22,24,29-30,34-35,37,39,41-44,54-56,58-60H,5,7,9,11-15,21,23,25-28H2,1-4H3. The zero-order valence-corrected chi connectivity index (χ0v) is 35.9. The summed E-state index contributed by atoms with van der Waals surface area (Å²) in [6, 6.07) is 3.78. The fraction of sp³-hybridized carbons (Fsp3) is 0.692. The van der Waals surface area contributed by atoms with Crippen LogP contribution in [0.1, 0.15) is 127 Å². The first kappa shape index (κ1) is 40.1. The number of aliphatic hydroxyl groups excluding tert-OH is 5. The molecule has 0 heterocycles. The average molecular weight is 819 g/mol. The van der Waals surface area contributed by atoms with Gasteiger partial charge in [0.05, 0.1) is 37.1 Å². The van der Waals surface area contributed by atoms with Gasteiger partial charge in [0.1, 0.15) is 0 Å². The number of rotatable bonds is 5. The Labute approximate surface area is 354 Å². The number of benzene rings is 1. The predicted octanol–water partition coefficient (Wildman–Crippen LogP) is 5.25. The molecule has 1 aromatic rings. The Balaban J connectivity index is 1.21. The Hall–Kier alpha value is -2.72. The van der Waals surface area contributed by atoms with Crippen LogP contribution < -0.4 is 10.4 Å². The molecule has 12 rings (SSSR count). The van der Waals surface area contributed by atoms with Crippen molar-refractivity contribution in [2.75, 3.05) is 13.2 Å². The maximum Gasteiger partial charge on any atom is 0.159 e. The van der Waals surface area contributed by atoms with E-state index in [-0.39, 0.29) is 58.7 Å². The SMILES string of the molecule is CC(O)c1cc(C=O)c2c(c1)=CC1C(C=2)CCC23CCC4C5(C(O)CO)CC=CC(CC5O)C14C2C(=O)C=C1C2CC(C)(C)CC45CCCC4C=CC(O)(CC13C)C25CO. The molecule has 17 unspecified atom stereocenters. The summed E-state index contributed by atoms with van der Waals surface area (Å²) in [6.45, 7) is 8.16. The summed E-state index contributed by atoms with van der Waals surface area (Å²) in [5, 5.41) is 73.6. The third kappa shape index (κ3) is 4.32. The lowest BCUT2D eigenvalue weighted by atomic mass is 9.26. The van der Waals surface area contributed by atoms with Crippen molar-refractivity contribution in [2.45, 2.75) is 129 Å². The first-order valence-electron chi connectivity index (χ1n) is 23.4. The maximum atomic E-state index is 16.3. The highest BCUT2D eigenvalue weighted by Gasteiger charge is 2.83. The topological polar surface area (TPSA) is 156 Å². The van der Waals surface area contributed by atoms with Crippen molar-refractivity contribution in [2.24, 2.45) is 79.3 Å². The van der Waals surface area contributed by atoms with E-state index in [1.165, 1.54) is 0 Å². The monoisotopic (exact) mass is 818 g/mol. The number of carbonyl (C=O) groups excluding carboxylic acids is 2. The van der Waals surface area contributed by atoms with Gasteiger partial charge in [0.15, 0.2) is 12.1 Å². The second-order valence-electron chi connectivity index (χ2n) is 23.1. The van der Waals surface area contributed by atoms with Gasteiger partial charge >= 0.3 is 0 Å². The highest BCUT2D eigenvalue weighted by Crippen LogP contribution is 2.85. The van der Waals surface area contributed by atoms with Crippen molar-refractivity contribution in [1.29, 1.82) is 0 Å². The van der Waals surface area contributed by atoms with Gasteiger partial charge in [-0.2, -0.15) is 0 Å². The summed E-state index contributed by atoms with van der Waals surface area (Å²) >= 11 is 0. The summed E-state index contributed by atoms with van der Waals surface area (Å²) in [7, 11) is 0. The minimum Gasteiger partial charge on any atom is -0.396 e. The van der Waals surface area contributed by atoms with E-state index >= 15 is 4.79 Å². The summed E-state index contributed by atoms with van der Waals surface area (Å²) in [5.41, 5.74) is -3.25. The molecule has 60 heavy (non-hydrogen) atoms. The molecule has 2 spiro atoms. The number of aldehydes is 1. The number of allylic oxidation sites excluding steroid dienone is 5. The Morgan fingerprint density at radius 1 is 0.950 bits per heavy atom. The molecule has 6 N–H and O–H groups in total. The molecule has 322 valence electrons. The largest absolute Gasteiger partial charge is 0.396 e. The molecule has 11 aliphatic carbocycles. The summed E-state index contributed by atoms with van der Waals surface area (Å²) in [6.07, 6.45) is 22.1. The van der Waals surface area contributed by atoms with Crippen molar-refractivity contribution in [3.05, 3.63) is 69.7 Å². The molecule has 0 aromatic heterocycles. The molecule has 8 heteroatoms. The van der Waals surface area contributed by atoms with Crippen LogP contribution in [0.3, 0.4) is 0 Å². The van der Waals surface area contributed by atoms with Crippen LogP contribution in [-0.2, 0) is 4.79 Å². The van der Waals surface area contributed by atoms with Gasteiger partial charge in [-0.1, -0.05) is 69.2 Å². The quantitative estimate of drug-likeness (QED) is 0.174. The van der Waals surface area contributed by atoms with Crippen LogP contribution in [0.25, 0.3) is 12.2 Å². The van der Waals surface area contributed by atoms with Gasteiger partial charge in [-0.15, -0.1) is 0 Å². The van der Waals surface area contributed by atoms with Gasteiger partial charge in [0.25, 0.3) is 0 Å². The van der Waals surface area contributed by atoms with Gasteiger partial charge in [0.2, 0.25) is 0 Å². The van der Waals surface area contributed by atoms with Crippen LogP contribution in [0, 0.1) is 79.3 Å². The molecule has 0 aliphatic heterocycles. The van der Waals surface area contributed by atoms with Crippen molar-refractivity contribution in [3.63, 3.8) is 0 Å². The van der Waals surface area contributed by atoms with E-state index in [4.69, 9.17) is 0 Å². The van der Waals surface area contributed by atoms with Gasteiger partial charge in [-0.25, -0.2) is 0 Å². The van der Waals surface area contributed by atoms with Crippen LogP contribution in [-0.4, -0.2) is 73.7 Å². The number of carbonyl (C=O) groups is 2. The lowest BCUT2D eigenvalue weighted by molar-refractivity contribution is -0.289. The third-order valence-electron chi connectivity index (χ3n) is 21.0. The molecule has 8 nitrogen and oxygen atoms in total. The highest BCUT2D eigenvalue weighted by molar-refractivity contribution is 5.96. The molecule has 0 radical (unpaired) electrons. The van der Waals surface area contributed by atoms with Gasteiger partial charge in [0, 0.05) is 22.3 Å². The van der Waals surface area contributed by atoms with Gasteiger partial charge in [-0.3, -0.25) is 9.59 Å². The fourth-order valence-electron chi connectivity index (χ4n) is 19.3. The lowest BCUT2D eigenvalue weighted by Crippen LogP contribution is -2.77. The van der Waals surface area contributed by atoms with E-state index in [0.717, 1.165) is 67.2 Å². The van der Waals surface area contributed by atoms with E-state index in [0.29, 0.717) is 43.2 Å². The number of fused-ring (bicyclic) bond motifs is 6. The van der Waals surface area contributed by atoms with Crippen molar-refractivity contribution in [1.82, 2.24) is 0 Å². The first-order chi connectivity index (χ1) is 28.5. The Morgan fingerprint density at radius 3 is 2.47 bits per heavy atom. The summed E-state index contributed by atoms with van der Waals surface area (Å²) < 4.78 is 0. The molecular weight excluding hydrogens is 753 g/mol. The Kier molecular flexibility index (Phi) is 8.35. The van der Waals surface area contributed by atoms with Crippen LogP contribution in [0.5, 0.6) is 0 Å². The van der Waals surface area contributed by atoms with E-state index in [2.05, 4.69) is 57.2 Å². The molecule has 0 amide bonds. The summed E-state index contributed by atoms with van der Waals surface area (Å²) in [4.78, 5) is 29.0. The van der Waals surface area contributed by atoms with E-state index < -0.39 is 63.5 Å². The minimum absolute atomic E-state index is 0.0707. The highest BCUT2D eigenvalue weighted by atomic mass is 16.3. The molecule has 11 aliphatic rings. The van der Waals surface area contributed by atoms with Gasteiger partial charge < -0.3 is 30.6 Å².